The van der Waals surface area contributed by atoms with Crippen LogP contribution in [0.5, 0.6) is 5.88 Å². The number of sulfonamides is 1. The first-order valence-electron chi connectivity index (χ1n) is 5.08. The topological polar surface area (TPSA) is 59.5 Å². The second-order valence-corrected chi connectivity index (χ2v) is 5.80. The normalized spacial score (nSPS) is 19.8. The Hall–Kier alpha value is -1.14. The minimum absolute atomic E-state index is 0.259. The van der Waals surface area contributed by atoms with Crippen molar-refractivity contribution in [1.29, 1.82) is 0 Å². The fourth-order valence-electron chi connectivity index (χ4n) is 1.73. The van der Waals surface area contributed by atoms with Gasteiger partial charge in [-0.15, -0.1) is 0 Å². The molecule has 5 nitrogen and oxygen atoms in total. The Bertz CT molecular complexity index is 473. The summed E-state index contributed by atoms with van der Waals surface area (Å²) in [4.78, 5) is 3.98. The summed E-state index contributed by atoms with van der Waals surface area (Å²) in [6.45, 7) is 1.01. The summed E-state index contributed by atoms with van der Waals surface area (Å²) < 4.78 is 29.7. The van der Waals surface area contributed by atoms with Gasteiger partial charge in [-0.1, -0.05) is 0 Å². The van der Waals surface area contributed by atoms with Gasteiger partial charge in [-0.3, -0.25) is 0 Å². The number of hydrogen-bond donors (Lipinski definition) is 0. The lowest BCUT2D eigenvalue weighted by Crippen LogP contribution is -2.25. The maximum Gasteiger partial charge on any atom is 0.214 e. The summed E-state index contributed by atoms with van der Waals surface area (Å²) >= 11 is 0. The molecule has 0 aliphatic carbocycles. The molecule has 1 saturated heterocycles. The second kappa shape index (κ2) is 4.39. The molecule has 0 bridgehead atoms. The highest BCUT2D eigenvalue weighted by atomic mass is 32.2. The number of pyridine rings is 1. The Morgan fingerprint density at radius 2 is 2.38 bits per heavy atom. The van der Waals surface area contributed by atoms with Gasteiger partial charge in [0.1, 0.15) is 0 Å². The van der Waals surface area contributed by atoms with Crippen LogP contribution >= 0.6 is 0 Å². The van der Waals surface area contributed by atoms with E-state index in [2.05, 4.69) is 4.98 Å². The number of aromatic nitrogens is 1. The second-order valence-electron chi connectivity index (χ2n) is 3.71. The summed E-state index contributed by atoms with van der Waals surface area (Å²) in [7, 11) is -1.49. The van der Waals surface area contributed by atoms with Crippen molar-refractivity contribution in [3.8, 4) is 5.88 Å². The first kappa shape index (κ1) is 11.3. The van der Waals surface area contributed by atoms with E-state index in [9.17, 15) is 8.42 Å². The third-order valence-corrected chi connectivity index (χ3v) is 4.47. The van der Waals surface area contributed by atoms with Crippen LogP contribution in [0, 0.1) is 0 Å². The van der Waals surface area contributed by atoms with Gasteiger partial charge in [-0.25, -0.2) is 13.4 Å². The maximum absolute atomic E-state index is 11.6. The van der Waals surface area contributed by atoms with Crippen LogP contribution in [0.3, 0.4) is 0 Å². The van der Waals surface area contributed by atoms with Gasteiger partial charge in [0.25, 0.3) is 0 Å². The van der Waals surface area contributed by atoms with Crippen molar-refractivity contribution in [1.82, 2.24) is 9.29 Å². The zero-order valence-corrected chi connectivity index (χ0v) is 9.90. The molecule has 0 saturated carbocycles. The van der Waals surface area contributed by atoms with E-state index < -0.39 is 10.0 Å². The average molecular weight is 242 g/mol. The highest BCUT2D eigenvalue weighted by Crippen LogP contribution is 2.18. The fraction of sp³-hybridized carbons (Fsp3) is 0.500. The van der Waals surface area contributed by atoms with E-state index in [1.54, 1.807) is 25.4 Å². The van der Waals surface area contributed by atoms with Crippen molar-refractivity contribution in [2.24, 2.45) is 0 Å². The van der Waals surface area contributed by atoms with Gasteiger partial charge in [0, 0.05) is 25.4 Å². The summed E-state index contributed by atoms with van der Waals surface area (Å²) in [5, 5.41) is 0. The van der Waals surface area contributed by atoms with E-state index >= 15 is 0 Å². The largest absolute Gasteiger partial charge is 0.481 e. The van der Waals surface area contributed by atoms with Crippen molar-refractivity contribution in [3.63, 3.8) is 0 Å². The standard InChI is InChI=1S/C10H14N2O3S/c1-15-10-7-9(3-4-11-10)8-12-5-2-6-16(12,13)14/h3-4,7H,2,5-6,8H2,1H3. The number of methoxy groups -OCH3 is 1. The third-order valence-electron chi connectivity index (χ3n) is 2.57. The zero-order valence-electron chi connectivity index (χ0n) is 9.09. The molecule has 0 radical (unpaired) electrons. The van der Waals surface area contributed by atoms with Gasteiger partial charge >= 0.3 is 0 Å². The average Bonchev–Trinajstić information content (AvgIpc) is 2.59. The molecule has 16 heavy (non-hydrogen) atoms. The van der Waals surface area contributed by atoms with Crippen LogP contribution in [0.1, 0.15) is 12.0 Å². The molecule has 0 unspecified atom stereocenters. The smallest absolute Gasteiger partial charge is 0.214 e. The van der Waals surface area contributed by atoms with Crippen molar-refractivity contribution >= 4 is 10.0 Å². The number of ether oxygens (including phenoxy) is 1. The third kappa shape index (κ3) is 2.33. The Kier molecular flexibility index (Phi) is 3.11. The molecule has 1 aliphatic rings. The number of hydrogen-bond acceptors (Lipinski definition) is 4. The number of rotatable bonds is 3. The first-order chi connectivity index (χ1) is 7.62. The minimum Gasteiger partial charge on any atom is -0.481 e. The van der Waals surface area contributed by atoms with Crippen LogP contribution in [0.15, 0.2) is 18.3 Å². The molecule has 1 aliphatic heterocycles. The van der Waals surface area contributed by atoms with E-state index in [1.807, 2.05) is 0 Å². The molecule has 2 rings (SSSR count). The maximum atomic E-state index is 11.6. The predicted octanol–water partition coefficient (Wildman–Crippen LogP) is 0.626. The monoisotopic (exact) mass is 242 g/mol. The lowest BCUT2D eigenvalue weighted by atomic mass is 10.2. The van der Waals surface area contributed by atoms with E-state index in [0.717, 1.165) is 5.56 Å². The molecule has 88 valence electrons. The van der Waals surface area contributed by atoms with E-state index in [4.69, 9.17) is 4.74 Å². The van der Waals surface area contributed by atoms with Crippen LogP contribution in [-0.2, 0) is 16.6 Å². The lowest BCUT2D eigenvalue weighted by Gasteiger charge is -2.14. The highest BCUT2D eigenvalue weighted by Gasteiger charge is 2.27. The molecule has 2 heterocycles. The van der Waals surface area contributed by atoms with Crippen molar-refractivity contribution in [2.75, 3.05) is 19.4 Å². The summed E-state index contributed by atoms with van der Waals surface area (Å²) in [5.74, 6) is 0.768. The Labute approximate surface area is 95.1 Å². The van der Waals surface area contributed by atoms with Crippen LogP contribution in [0.25, 0.3) is 0 Å². The van der Waals surface area contributed by atoms with Crippen LogP contribution in [-0.4, -0.2) is 37.1 Å². The van der Waals surface area contributed by atoms with Crippen molar-refractivity contribution < 1.29 is 13.2 Å². The Balaban J connectivity index is 2.15. The van der Waals surface area contributed by atoms with E-state index in [-0.39, 0.29) is 5.75 Å². The molecule has 0 aromatic carbocycles. The molecule has 0 spiro atoms. The van der Waals surface area contributed by atoms with Crippen LogP contribution < -0.4 is 4.74 Å². The molecule has 1 aromatic rings. The van der Waals surface area contributed by atoms with Crippen molar-refractivity contribution in [3.05, 3.63) is 23.9 Å². The van der Waals surface area contributed by atoms with Crippen LogP contribution in [0.2, 0.25) is 0 Å². The molecule has 0 N–H and O–H groups in total. The van der Waals surface area contributed by atoms with Crippen LogP contribution in [0.4, 0.5) is 0 Å². The predicted molar refractivity (Wildman–Crippen MR) is 59.6 cm³/mol. The van der Waals surface area contributed by atoms with Crippen molar-refractivity contribution in [2.45, 2.75) is 13.0 Å². The summed E-state index contributed by atoms with van der Waals surface area (Å²) in [5.41, 5.74) is 0.900. The molecule has 0 atom stereocenters. The Morgan fingerprint density at radius 3 is 3.00 bits per heavy atom. The quantitative estimate of drug-likeness (QED) is 0.780. The van der Waals surface area contributed by atoms with E-state index in [0.29, 0.717) is 25.4 Å². The molecule has 1 aromatic heterocycles. The summed E-state index contributed by atoms with van der Waals surface area (Å²) in [6.07, 6.45) is 2.33. The lowest BCUT2D eigenvalue weighted by molar-refractivity contribution is 0.394. The van der Waals surface area contributed by atoms with Gasteiger partial charge in [0.15, 0.2) is 0 Å². The van der Waals surface area contributed by atoms with E-state index in [1.165, 1.54) is 4.31 Å². The highest BCUT2D eigenvalue weighted by molar-refractivity contribution is 7.89. The zero-order chi connectivity index (χ0) is 11.6. The van der Waals surface area contributed by atoms with Gasteiger partial charge in [0.05, 0.1) is 12.9 Å². The summed E-state index contributed by atoms with van der Waals surface area (Å²) in [6, 6.07) is 3.56. The molecule has 0 amide bonds. The fourth-order valence-corrected chi connectivity index (χ4v) is 3.24. The number of nitrogens with zero attached hydrogens (tertiary/aromatic N) is 2. The Morgan fingerprint density at radius 1 is 1.56 bits per heavy atom. The van der Waals surface area contributed by atoms with Gasteiger partial charge in [-0.05, 0) is 18.1 Å². The molecular weight excluding hydrogens is 228 g/mol. The van der Waals surface area contributed by atoms with Gasteiger partial charge < -0.3 is 4.74 Å². The first-order valence-corrected chi connectivity index (χ1v) is 6.69. The minimum atomic E-state index is -3.03. The molecule has 6 heteroatoms. The molecular formula is C10H14N2O3S. The van der Waals surface area contributed by atoms with Gasteiger partial charge in [0.2, 0.25) is 15.9 Å². The molecule has 1 fully saturated rings. The van der Waals surface area contributed by atoms with Gasteiger partial charge in [-0.2, -0.15) is 4.31 Å². The SMILES string of the molecule is COc1cc(CN2CCCS2(=O)=O)ccn1.